The zero-order valence-electron chi connectivity index (χ0n) is 10.7. The molecule has 0 unspecified atom stereocenters. The average molecular weight is 258 g/mol. The van der Waals surface area contributed by atoms with Gasteiger partial charge >= 0.3 is 0 Å². The number of hydrogen-bond donors (Lipinski definition) is 2. The smallest absolute Gasteiger partial charge is 0.160 e. The van der Waals surface area contributed by atoms with Crippen LogP contribution in [0.1, 0.15) is 11.3 Å². The van der Waals surface area contributed by atoms with Gasteiger partial charge in [0.05, 0.1) is 17.6 Å². The quantitative estimate of drug-likeness (QED) is 0.690. The Labute approximate surface area is 109 Å². The van der Waals surface area contributed by atoms with Crippen LogP contribution in [-0.4, -0.2) is 20.1 Å². The van der Waals surface area contributed by atoms with E-state index in [-0.39, 0.29) is 0 Å². The second-order valence-corrected chi connectivity index (χ2v) is 4.40. The lowest BCUT2D eigenvalue weighted by atomic mass is 10.2. The summed E-state index contributed by atoms with van der Waals surface area (Å²) >= 11 is 0. The first-order chi connectivity index (χ1) is 9.16. The van der Waals surface area contributed by atoms with Crippen molar-refractivity contribution in [3.05, 3.63) is 29.6 Å². The summed E-state index contributed by atoms with van der Waals surface area (Å²) in [6, 6.07) is 3.65. The molecule has 0 radical (unpaired) electrons. The zero-order chi connectivity index (χ0) is 13.4. The fraction of sp³-hybridized carbons (Fsp3) is 0.250. The first-order valence-corrected chi connectivity index (χ1v) is 5.89. The van der Waals surface area contributed by atoms with Gasteiger partial charge < -0.3 is 11.1 Å². The van der Waals surface area contributed by atoms with Crippen molar-refractivity contribution < 1.29 is 4.63 Å². The van der Waals surface area contributed by atoms with Gasteiger partial charge in [-0.15, -0.1) is 0 Å². The number of nitrogens with zero attached hydrogens (tertiary/aromatic N) is 4. The number of nitrogens with one attached hydrogen (secondary N) is 1. The number of fused-ring (bicyclic) bond motifs is 1. The van der Waals surface area contributed by atoms with E-state index in [4.69, 9.17) is 10.4 Å². The molecule has 0 atom stereocenters. The topological polar surface area (TPSA) is 94.8 Å². The van der Waals surface area contributed by atoms with E-state index in [9.17, 15) is 0 Å². The van der Waals surface area contributed by atoms with Gasteiger partial charge in [0.1, 0.15) is 0 Å². The molecule has 0 fully saturated rings. The highest BCUT2D eigenvalue weighted by Crippen LogP contribution is 2.25. The number of nitrogens with two attached hydrogens (primary N) is 1. The van der Waals surface area contributed by atoms with E-state index in [2.05, 4.69) is 20.7 Å². The standard InChI is InChI=1S/C12H14N6O/c1-7-8(6-15-18(7)2)5-14-10-4-3-9(13)11-12(10)17-19-16-11/h3-4,6,14H,5,13H2,1-2H3. The van der Waals surface area contributed by atoms with E-state index in [0.29, 0.717) is 23.3 Å². The van der Waals surface area contributed by atoms with Crippen LogP contribution in [0.4, 0.5) is 11.4 Å². The fourth-order valence-corrected chi connectivity index (χ4v) is 1.94. The Balaban J connectivity index is 1.88. The van der Waals surface area contributed by atoms with Crippen molar-refractivity contribution in [1.29, 1.82) is 0 Å². The van der Waals surface area contributed by atoms with Gasteiger partial charge in [-0.05, 0) is 29.4 Å². The Morgan fingerprint density at radius 3 is 2.84 bits per heavy atom. The van der Waals surface area contributed by atoms with Crippen molar-refractivity contribution >= 4 is 22.4 Å². The molecule has 98 valence electrons. The minimum absolute atomic E-state index is 0.555. The predicted octanol–water partition coefficient (Wildman–Crippen LogP) is 1.46. The van der Waals surface area contributed by atoms with Crippen LogP contribution in [0.15, 0.2) is 23.0 Å². The Morgan fingerprint density at radius 2 is 2.11 bits per heavy atom. The molecule has 7 nitrogen and oxygen atoms in total. The molecular weight excluding hydrogens is 244 g/mol. The van der Waals surface area contributed by atoms with Gasteiger partial charge in [-0.3, -0.25) is 4.68 Å². The molecule has 0 spiro atoms. The van der Waals surface area contributed by atoms with Crippen LogP contribution in [0.5, 0.6) is 0 Å². The van der Waals surface area contributed by atoms with Gasteiger partial charge in [0.25, 0.3) is 0 Å². The first-order valence-electron chi connectivity index (χ1n) is 5.89. The lowest BCUT2D eigenvalue weighted by molar-refractivity contribution is 0.316. The molecule has 3 aromatic rings. The monoisotopic (exact) mass is 258 g/mol. The molecule has 1 aromatic carbocycles. The van der Waals surface area contributed by atoms with Gasteiger partial charge in [0.2, 0.25) is 0 Å². The molecule has 0 bridgehead atoms. The molecule has 0 amide bonds. The second-order valence-electron chi connectivity index (χ2n) is 4.40. The van der Waals surface area contributed by atoms with Crippen molar-refractivity contribution in [3.8, 4) is 0 Å². The summed E-state index contributed by atoms with van der Waals surface area (Å²) in [5.74, 6) is 0. The van der Waals surface area contributed by atoms with E-state index >= 15 is 0 Å². The zero-order valence-corrected chi connectivity index (χ0v) is 10.7. The molecular formula is C12H14N6O. The highest BCUT2D eigenvalue weighted by molar-refractivity contribution is 5.94. The third-order valence-electron chi connectivity index (χ3n) is 3.25. The van der Waals surface area contributed by atoms with E-state index in [0.717, 1.165) is 16.9 Å². The molecule has 2 heterocycles. The Bertz CT molecular complexity index is 729. The molecule has 0 aliphatic carbocycles. The molecule has 7 heteroatoms. The van der Waals surface area contributed by atoms with Crippen LogP contribution in [-0.2, 0) is 13.6 Å². The molecule has 0 aliphatic rings. The lowest BCUT2D eigenvalue weighted by Crippen LogP contribution is -2.02. The van der Waals surface area contributed by atoms with Crippen LogP contribution < -0.4 is 11.1 Å². The molecule has 0 aliphatic heterocycles. The van der Waals surface area contributed by atoms with E-state index in [1.165, 1.54) is 0 Å². The summed E-state index contributed by atoms with van der Waals surface area (Å²) in [4.78, 5) is 0. The number of aryl methyl sites for hydroxylation is 1. The number of benzene rings is 1. The average Bonchev–Trinajstić information content (AvgIpc) is 3.00. The molecule has 19 heavy (non-hydrogen) atoms. The van der Waals surface area contributed by atoms with Gasteiger partial charge in [-0.1, -0.05) is 0 Å². The van der Waals surface area contributed by atoms with Crippen molar-refractivity contribution in [2.45, 2.75) is 13.5 Å². The first kappa shape index (κ1) is 11.5. The molecule has 3 N–H and O–H groups in total. The predicted molar refractivity (Wildman–Crippen MR) is 71.5 cm³/mol. The van der Waals surface area contributed by atoms with Gasteiger partial charge in [-0.2, -0.15) is 5.10 Å². The maximum absolute atomic E-state index is 5.80. The minimum atomic E-state index is 0.555. The van der Waals surface area contributed by atoms with Gasteiger partial charge in [-0.25, -0.2) is 4.63 Å². The van der Waals surface area contributed by atoms with Crippen LogP contribution >= 0.6 is 0 Å². The fourth-order valence-electron chi connectivity index (χ4n) is 1.94. The minimum Gasteiger partial charge on any atom is -0.397 e. The third kappa shape index (κ3) is 1.88. The maximum atomic E-state index is 5.80. The molecule has 2 aromatic heterocycles. The van der Waals surface area contributed by atoms with Crippen molar-refractivity contribution in [2.75, 3.05) is 11.1 Å². The summed E-state index contributed by atoms with van der Waals surface area (Å²) < 4.78 is 6.57. The number of nitrogen functional groups attached to an aromatic ring is 1. The van der Waals surface area contributed by atoms with Crippen LogP contribution in [0, 0.1) is 6.92 Å². The number of rotatable bonds is 3. The largest absolute Gasteiger partial charge is 0.397 e. The van der Waals surface area contributed by atoms with E-state index in [1.54, 1.807) is 6.07 Å². The van der Waals surface area contributed by atoms with Crippen LogP contribution in [0.2, 0.25) is 0 Å². The lowest BCUT2D eigenvalue weighted by Gasteiger charge is -2.06. The SMILES string of the molecule is Cc1c(CNc2ccc(N)c3nonc23)cnn1C. The highest BCUT2D eigenvalue weighted by atomic mass is 16.6. The molecule has 0 saturated heterocycles. The summed E-state index contributed by atoms with van der Waals surface area (Å²) in [5.41, 5.74) is 10.7. The third-order valence-corrected chi connectivity index (χ3v) is 3.25. The normalized spacial score (nSPS) is 11.1. The van der Waals surface area contributed by atoms with Crippen molar-refractivity contribution in [3.63, 3.8) is 0 Å². The van der Waals surface area contributed by atoms with Crippen molar-refractivity contribution in [2.24, 2.45) is 7.05 Å². The van der Waals surface area contributed by atoms with Crippen LogP contribution in [0.3, 0.4) is 0 Å². The summed E-state index contributed by atoms with van der Waals surface area (Å²) in [5, 5.41) is 15.2. The van der Waals surface area contributed by atoms with Crippen LogP contribution in [0.25, 0.3) is 11.0 Å². The Kier molecular flexibility index (Phi) is 2.59. The highest BCUT2D eigenvalue weighted by Gasteiger charge is 2.10. The number of anilines is 2. The van der Waals surface area contributed by atoms with Gasteiger partial charge in [0, 0.05) is 24.8 Å². The second kappa shape index (κ2) is 4.27. The summed E-state index contributed by atoms with van der Waals surface area (Å²) in [6.45, 7) is 2.69. The maximum Gasteiger partial charge on any atom is 0.160 e. The van der Waals surface area contributed by atoms with Crippen molar-refractivity contribution in [1.82, 2.24) is 20.1 Å². The number of aromatic nitrogens is 4. The van der Waals surface area contributed by atoms with E-state index < -0.39 is 0 Å². The number of hydrogen-bond acceptors (Lipinski definition) is 6. The summed E-state index contributed by atoms with van der Waals surface area (Å²) in [7, 11) is 1.92. The molecule has 3 rings (SSSR count). The molecule has 0 saturated carbocycles. The summed E-state index contributed by atoms with van der Waals surface area (Å²) in [6.07, 6.45) is 1.85. The van der Waals surface area contributed by atoms with E-state index in [1.807, 2.05) is 30.9 Å². The Hall–Kier alpha value is -2.57. The Morgan fingerprint density at radius 1 is 1.32 bits per heavy atom. The van der Waals surface area contributed by atoms with Gasteiger partial charge in [0.15, 0.2) is 11.0 Å².